The second-order valence-electron chi connectivity index (χ2n) is 4.05. The predicted molar refractivity (Wildman–Crippen MR) is 71.2 cm³/mol. The van der Waals surface area contributed by atoms with Crippen molar-refractivity contribution < 1.29 is 9.59 Å². The Morgan fingerprint density at radius 2 is 1.83 bits per heavy atom. The van der Waals surface area contributed by atoms with E-state index in [0.29, 0.717) is 24.7 Å². The molecule has 0 radical (unpaired) electrons. The van der Waals surface area contributed by atoms with Gasteiger partial charge in [0.15, 0.2) is 0 Å². The summed E-state index contributed by atoms with van der Waals surface area (Å²) in [5.74, 6) is -0.111. The van der Waals surface area contributed by atoms with Crippen LogP contribution in [-0.4, -0.2) is 29.8 Å². The van der Waals surface area contributed by atoms with Crippen LogP contribution in [0.4, 0.5) is 0 Å². The minimum atomic E-state index is -0.0926. The van der Waals surface area contributed by atoms with Crippen molar-refractivity contribution >= 4 is 23.4 Å². The van der Waals surface area contributed by atoms with E-state index < -0.39 is 0 Å². The van der Waals surface area contributed by atoms with Gasteiger partial charge in [0.1, 0.15) is 0 Å². The van der Waals surface area contributed by atoms with Gasteiger partial charge in [0, 0.05) is 38.5 Å². The molecule has 1 N–H and O–H groups in total. The van der Waals surface area contributed by atoms with Crippen molar-refractivity contribution in [3.63, 3.8) is 0 Å². The van der Waals surface area contributed by atoms with Crippen molar-refractivity contribution in [3.05, 3.63) is 34.9 Å². The van der Waals surface area contributed by atoms with Crippen molar-refractivity contribution in [1.82, 2.24) is 10.2 Å². The number of rotatable bonds is 5. The maximum absolute atomic E-state index is 11.5. The standard InChI is InChI=1S/C13H17ClN2O2/c1-10(17)15-7-8-16(11(2)18)9-12-3-5-13(14)6-4-12/h3-6H,7-9H2,1-2H3,(H,15,17). The number of carbonyl (C=O) groups excluding carboxylic acids is 2. The van der Waals surface area contributed by atoms with Gasteiger partial charge in [-0.3, -0.25) is 9.59 Å². The maximum Gasteiger partial charge on any atom is 0.219 e. The lowest BCUT2D eigenvalue weighted by Gasteiger charge is -2.21. The average molecular weight is 269 g/mol. The summed E-state index contributed by atoms with van der Waals surface area (Å²) in [5.41, 5.74) is 1.01. The molecule has 0 bridgehead atoms. The van der Waals surface area contributed by atoms with E-state index in [4.69, 9.17) is 11.6 Å². The van der Waals surface area contributed by atoms with Gasteiger partial charge in [-0.2, -0.15) is 0 Å². The first kappa shape index (κ1) is 14.5. The fraction of sp³-hybridized carbons (Fsp3) is 0.385. The van der Waals surface area contributed by atoms with Crippen LogP contribution in [0.3, 0.4) is 0 Å². The second kappa shape index (κ2) is 7.01. The third kappa shape index (κ3) is 5.19. The van der Waals surface area contributed by atoms with Crippen LogP contribution in [0.25, 0.3) is 0 Å². The highest BCUT2D eigenvalue weighted by atomic mass is 35.5. The Bertz CT molecular complexity index is 418. The highest BCUT2D eigenvalue weighted by Crippen LogP contribution is 2.11. The van der Waals surface area contributed by atoms with E-state index in [2.05, 4.69) is 5.32 Å². The van der Waals surface area contributed by atoms with Gasteiger partial charge in [-0.25, -0.2) is 0 Å². The lowest BCUT2D eigenvalue weighted by molar-refractivity contribution is -0.130. The monoisotopic (exact) mass is 268 g/mol. The van der Waals surface area contributed by atoms with Gasteiger partial charge in [-0.1, -0.05) is 23.7 Å². The molecular formula is C13H17ClN2O2. The first-order valence-electron chi connectivity index (χ1n) is 5.73. The van der Waals surface area contributed by atoms with Gasteiger partial charge in [-0.05, 0) is 17.7 Å². The molecule has 0 aliphatic carbocycles. The van der Waals surface area contributed by atoms with E-state index in [9.17, 15) is 9.59 Å². The van der Waals surface area contributed by atoms with Gasteiger partial charge < -0.3 is 10.2 Å². The second-order valence-corrected chi connectivity index (χ2v) is 4.49. The zero-order valence-corrected chi connectivity index (χ0v) is 11.3. The molecule has 0 fully saturated rings. The Morgan fingerprint density at radius 3 is 2.33 bits per heavy atom. The third-order valence-electron chi connectivity index (χ3n) is 2.49. The molecule has 1 aromatic carbocycles. The molecule has 1 rings (SSSR count). The molecule has 1 aromatic rings. The Hall–Kier alpha value is -1.55. The molecule has 0 saturated heterocycles. The van der Waals surface area contributed by atoms with Crippen LogP contribution in [0.1, 0.15) is 19.4 Å². The molecule has 0 atom stereocenters. The fourth-order valence-corrected chi connectivity index (χ4v) is 1.65. The van der Waals surface area contributed by atoms with E-state index in [0.717, 1.165) is 5.56 Å². The number of hydrogen-bond acceptors (Lipinski definition) is 2. The van der Waals surface area contributed by atoms with E-state index in [1.165, 1.54) is 13.8 Å². The minimum Gasteiger partial charge on any atom is -0.355 e. The summed E-state index contributed by atoms with van der Waals surface area (Å²) < 4.78 is 0. The zero-order chi connectivity index (χ0) is 13.5. The molecular weight excluding hydrogens is 252 g/mol. The van der Waals surface area contributed by atoms with Crippen molar-refractivity contribution in [2.75, 3.05) is 13.1 Å². The van der Waals surface area contributed by atoms with Crippen molar-refractivity contribution in [3.8, 4) is 0 Å². The first-order valence-corrected chi connectivity index (χ1v) is 6.11. The van der Waals surface area contributed by atoms with Crippen LogP contribution >= 0.6 is 11.6 Å². The summed E-state index contributed by atoms with van der Waals surface area (Å²) >= 11 is 5.80. The molecule has 0 saturated carbocycles. The smallest absolute Gasteiger partial charge is 0.219 e. The predicted octanol–water partition coefficient (Wildman–Crippen LogP) is 1.82. The molecule has 0 aliphatic rings. The van der Waals surface area contributed by atoms with Gasteiger partial charge in [0.25, 0.3) is 0 Å². The summed E-state index contributed by atoms with van der Waals surface area (Å²) in [7, 11) is 0. The van der Waals surface area contributed by atoms with E-state index in [-0.39, 0.29) is 11.8 Å². The minimum absolute atomic E-state index is 0.0182. The van der Waals surface area contributed by atoms with Crippen LogP contribution < -0.4 is 5.32 Å². The van der Waals surface area contributed by atoms with Crippen LogP contribution in [0, 0.1) is 0 Å². The Morgan fingerprint density at radius 1 is 1.22 bits per heavy atom. The highest BCUT2D eigenvalue weighted by Gasteiger charge is 2.09. The van der Waals surface area contributed by atoms with Gasteiger partial charge in [0.05, 0.1) is 0 Å². The van der Waals surface area contributed by atoms with Crippen LogP contribution in [-0.2, 0) is 16.1 Å². The quantitative estimate of drug-likeness (QED) is 0.886. The van der Waals surface area contributed by atoms with Crippen molar-refractivity contribution in [2.24, 2.45) is 0 Å². The van der Waals surface area contributed by atoms with Crippen LogP contribution in [0.2, 0.25) is 5.02 Å². The molecule has 0 heterocycles. The molecule has 5 heteroatoms. The number of hydrogen-bond donors (Lipinski definition) is 1. The lowest BCUT2D eigenvalue weighted by atomic mass is 10.2. The number of benzene rings is 1. The van der Waals surface area contributed by atoms with E-state index in [1.54, 1.807) is 17.0 Å². The fourth-order valence-electron chi connectivity index (χ4n) is 1.52. The SMILES string of the molecule is CC(=O)NCCN(Cc1ccc(Cl)cc1)C(C)=O. The normalized spacial score (nSPS) is 9.94. The van der Waals surface area contributed by atoms with E-state index >= 15 is 0 Å². The van der Waals surface area contributed by atoms with Crippen molar-refractivity contribution in [2.45, 2.75) is 20.4 Å². The largest absolute Gasteiger partial charge is 0.355 e. The third-order valence-corrected chi connectivity index (χ3v) is 2.74. The lowest BCUT2D eigenvalue weighted by Crippen LogP contribution is -2.36. The maximum atomic E-state index is 11.5. The number of carbonyl (C=O) groups is 2. The summed E-state index contributed by atoms with van der Waals surface area (Å²) in [6, 6.07) is 7.36. The molecule has 0 aliphatic heterocycles. The summed E-state index contributed by atoms with van der Waals surface area (Å²) in [6.45, 7) is 4.45. The highest BCUT2D eigenvalue weighted by molar-refractivity contribution is 6.30. The van der Waals surface area contributed by atoms with Gasteiger partial charge in [0.2, 0.25) is 11.8 Å². The number of nitrogens with zero attached hydrogens (tertiary/aromatic N) is 1. The zero-order valence-electron chi connectivity index (χ0n) is 10.6. The summed E-state index contributed by atoms with van der Waals surface area (Å²) in [5, 5.41) is 3.34. The van der Waals surface area contributed by atoms with Crippen molar-refractivity contribution in [1.29, 1.82) is 0 Å². The number of nitrogens with one attached hydrogen (secondary N) is 1. The molecule has 0 spiro atoms. The molecule has 98 valence electrons. The molecule has 0 unspecified atom stereocenters. The van der Waals surface area contributed by atoms with Gasteiger partial charge >= 0.3 is 0 Å². The first-order chi connectivity index (χ1) is 8.49. The topological polar surface area (TPSA) is 49.4 Å². The number of amides is 2. The molecule has 4 nitrogen and oxygen atoms in total. The Kier molecular flexibility index (Phi) is 5.65. The Balaban J connectivity index is 2.54. The Labute approximate surface area is 112 Å². The molecule has 18 heavy (non-hydrogen) atoms. The molecule has 0 aromatic heterocycles. The summed E-state index contributed by atoms with van der Waals surface area (Å²) in [6.07, 6.45) is 0. The number of halogens is 1. The van der Waals surface area contributed by atoms with E-state index in [1.807, 2.05) is 12.1 Å². The average Bonchev–Trinajstić information content (AvgIpc) is 2.30. The van der Waals surface area contributed by atoms with Crippen LogP contribution in [0.15, 0.2) is 24.3 Å². The van der Waals surface area contributed by atoms with Crippen LogP contribution in [0.5, 0.6) is 0 Å². The summed E-state index contributed by atoms with van der Waals surface area (Å²) in [4.78, 5) is 23.9. The molecule has 2 amide bonds. The van der Waals surface area contributed by atoms with Gasteiger partial charge in [-0.15, -0.1) is 0 Å².